The van der Waals surface area contributed by atoms with E-state index in [0.29, 0.717) is 16.3 Å². The summed E-state index contributed by atoms with van der Waals surface area (Å²) in [6.07, 6.45) is 0. The number of carbonyl (C=O) groups excluding carboxylic acids is 2. The lowest BCUT2D eigenvalue weighted by Crippen LogP contribution is -2.29. The Balaban J connectivity index is 1.79. The third kappa shape index (κ3) is 1.85. The first-order valence-electron chi connectivity index (χ1n) is 5.82. The molecule has 0 atom stereocenters. The van der Waals surface area contributed by atoms with E-state index in [1.807, 2.05) is 0 Å². The van der Waals surface area contributed by atoms with Crippen LogP contribution in [0.2, 0.25) is 0 Å². The molecule has 0 saturated heterocycles. The highest BCUT2D eigenvalue weighted by atomic mass is 32.2. The number of benzene rings is 1. The van der Waals surface area contributed by atoms with Crippen molar-refractivity contribution in [1.29, 1.82) is 0 Å². The summed E-state index contributed by atoms with van der Waals surface area (Å²) in [5.74, 6) is -0.102. The normalized spacial score (nSPS) is 13.9. The molecule has 0 spiro atoms. The Morgan fingerprint density at radius 3 is 2.25 bits per heavy atom. The Kier molecular flexibility index (Phi) is 2.94. The number of imide groups is 1. The van der Waals surface area contributed by atoms with Gasteiger partial charge in [0.2, 0.25) is 5.95 Å². The summed E-state index contributed by atoms with van der Waals surface area (Å²) < 4.78 is 1.60. The van der Waals surface area contributed by atoms with Gasteiger partial charge >= 0.3 is 0 Å². The van der Waals surface area contributed by atoms with E-state index >= 15 is 0 Å². The number of carbonyl (C=O) groups is 2. The van der Waals surface area contributed by atoms with Crippen molar-refractivity contribution in [1.82, 2.24) is 19.7 Å². The van der Waals surface area contributed by atoms with Gasteiger partial charge in [-0.1, -0.05) is 23.9 Å². The molecule has 0 saturated carbocycles. The maximum Gasteiger partial charge on any atom is 0.262 e. The second-order valence-electron chi connectivity index (χ2n) is 4.26. The van der Waals surface area contributed by atoms with Crippen molar-refractivity contribution in [3.05, 3.63) is 35.4 Å². The fourth-order valence-corrected chi connectivity index (χ4v) is 2.80. The molecule has 2 heterocycles. The molecule has 0 radical (unpaired) electrons. The molecule has 102 valence electrons. The van der Waals surface area contributed by atoms with Crippen molar-refractivity contribution in [3.8, 4) is 0 Å². The lowest BCUT2D eigenvalue weighted by molar-refractivity contribution is 0.0684. The van der Waals surface area contributed by atoms with Gasteiger partial charge < -0.3 is 5.73 Å². The van der Waals surface area contributed by atoms with E-state index in [1.165, 1.54) is 16.7 Å². The number of fused-ring (bicyclic) bond motifs is 1. The van der Waals surface area contributed by atoms with E-state index in [4.69, 9.17) is 5.73 Å². The Hall–Kier alpha value is -2.35. The van der Waals surface area contributed by atoms with Crippen LogP contribution in [-0.4, -0.2) is 37.4 Å². The van der Waals surface area contributed by atoms with E-state index < -0.39 is 0 Å². The van der Waals surface area contributed by atoms with Crippen LogP contribution in [-0.2, 0) is 7.05 Å². The third-order valence-corrected chi connectivity index (χ3v) is 4.07. The highest BCUT2D eigenvalue weighted by Gasteiger charge is 2.35. The van der Waals surface area contributed by atoms with E-state index in [0.717, 1.165) is 0 Å². The SMILES string of the molecule is Cn1c(N)nnc1SCN1C(=O)c2ccccc2C1=O. The molecule has 7 nitrogen and oxygen atoms in total. The van der Waals surface area contributed by atoms with Crippen LogP contribution < -0.4 is 5.73 Å². The van der Waals surface area contributed by atoms with Crippen molar-refractivity contribution in [2.45, 2.75) is 5.16 Å². The molecule has 20 heavy (non-hydrogen) atoms. The van der Waals surface area contributed by atoms with Gasteiger partial charge in [0.05, 0.1) is 17.0 Å². The zero-order chi connectivity index (χ0) is 14.3. The van der Waals surface area contributed by atoms with Crippen LogP contribution in [0.4, 0.5) is 5.95 Å². The van der Waals surface area contributed by atoms with E-state index in [-0.39, 0.29) is 23.6 Å². The molecular formula is C12H11N5O2S. The Bertz CT molecular complexity index is 677. The molecule has 0 fully saturated rings. The minimum atomic E-state index is -0.284. The Labute approximate surface area is 118 Å². The second kappa shape index (κ2) is 4.64. The summed E-state index contributed by atoms with van der Waals surface area (Å²) in [7, 11) is 1.72. The molecule has 2 N–H and O–H groups in total. The number of hydrogen-bond donors (Lipinski definition) is 1. The van der Waals surface area contributed by atoms with Crippen LogP contribution >= 0.6 is 11.8 Å². The minimum Gasteiger partial charge on any atom is -0.368 e. The maximum atomic E-state index is 12.1. The van der Waals surface area contributed by atoms with Crippen molar-refractivity contribution < 1.29 is 9.59 Å². The standard InChI is InChI=1S/C12H11N5O2S/c1-16-11(13)14-15-12(16)20-6-17-9(18)7-4-2-3-5-8(7)10(17)19/h2-5H,6H2,1H3,(H2,13,14). The predicted octanol–water partition coefficient (Wildman–Crippen LogP) is 0.743. The number of hydrogen-bond acceptors (Lipinski definition) is 6. The Morgan fingerprint density at radius 2 is 1.75 bits per heavy atom. The van der Waals surface area contributed by atoms with Crippen LogP contribution in [0.5, 0.6) is 0 Å². The maximum absolute atomic E-state index is 12.1. The van der Waals surface area contributed by atoms with Crippen molar-refractivity contribution in [2.24, 2.45) is 7.05 Å². The van der Waals surface area contributed by atoms with E-state index in [2.05, 4.69) is 10.2 Å². The molecule has 1 aromatic heterocycles. The molecule has 1 aliphatic rings. The van der Waals surface area contributed by atoms with E-state index in [1.54, 1.807) is 35.9 Å². The van der Waals surface area contributed by atoms with Gasteiger partial charge in [0, 0.05) is 7.05 Å². The van der Waals surface area contributed by atoms with Crippen LogP contribution in [0.15, 0.2) is 29.4 Å². The average Bonchev–Trinajstić information content (AvgIpc) is 2.90. The molecular weight excluding hydrogens is 278 g/mol. The number of nitrogens with zero attached hydrogens (tertiary/aromatic N) is 4. The zero-order valence-corrected chi connectivity index (χ0v) is 11.4. The lowest BCUT2D eigenvalue weighted by atomic mass is 10.1. The second-order valence-corrected chi connectivity index (χ2v) is 5.17. The predicted molar refractivity (Wildman–Crippen MR) is 73.1 cm³/mol. The van der Waals surface area contributed by atoms with Gasteiger partial charge in [0.25, 0.3) is 11.8 Å². The van der Waals surface area contributed by atoms with Crippen molar-refractivity contribution in [2.75, 3.05) is 11.6 Å². The van der Waals surface area contributed by atoms with E-state index in [9.17, 15) is 9.59 Å². The number of rotatable bonds is 3. The van der Waals surface area contributed by atoms with Crippen LogP contribution in [0, 0.1) is 0 Å². The van der Waals surface area contributed by atoms with Gasteiger partial charge in [-0.2, -0.15) is 0 Å². The molecule has 2 aromatic rings. The van der Waals surface area contributed by atoms with Gasteiger partial charge in [-0.3, -0.25) is 19.1 Å². The Morgan fingerprint density at radius 1 is 1.15 bits per heavy atom. The fraction of sp³-hybridized carbons (Fsp3) is 0.167. The van der Waals surface area contributed by atoms with Gasteiger partial charge in [0.15, 0.2) is 5.16 Å². The lowest BCUT2D eigenvalue weighted by Gasteiger charge is -2.12. The zero-order valence-electron chi connectivity index (χ0n) is 10.6. The van der Waals surface area contributed by atoms with Gasteiger partial charge in [0.1, 0.15) is 0 Å². The number of nitrogen functional groups attached to an aromatic ring is 1. The quantitative estimate of drug-likeness (QED) is 0.661. The molecule has 1 aliphatic heterocycles. The fourth-order valence-electron chi connectivity index (χ4n) is 1.93. The highest BCUT2D eigenvalue weighted by molar-refractivity contribution is 7.99. The summed E-state index contributed by atoms with van der Waals surface area (Å²) in [6.45, 7) is 0. The van der Waals surface area contributed by atoms with Gasteiger partial charge in [-0.05, 0) is 12.1 Å². The monoisotopic (exact) mass is 289 g/mol. The summed E-state index contributed by atoms with van der Waals surface area (Å²) in [4.78, 5) is 25.5. The summed E-state index contributed by atoms with van der Waals surface area (Å²) in [5.41, 5.74) is 6.46. The molecule has 8 heteroatoms. The summed E-state index contributed by atoms with van der Waals surface area (Å²) >= 11 is 1.24. The van der Waals surface area contributed by atoms with Crippen LogP contribution in [0.25, 0.3) is 0 Å². The topological polar surface area (TPSA) is 94.1 Å². The number of anilines is 1. The number of thioether (sulfide) groups is 1. The summed E-state index contributed by atoms with van der Waals surface area (Å²) in [6, 6.07) is 6.79. The smallest absolute Gasteiger partial charge is 0.262 e. The molecule has 0 aliphatic carbocycles. The molecule has 0 bridgehead atoms. The summed E-state index contributed by atoms with van der Waals surface area (Å²) in [5, 5.41) is 8.15. The minimum absolute atomic E-state index is 0.179. The molecule has 2 amide bonds. The molecule has 1 aromatic carbocycles. The number of aromatic nitrogens is 3. The van der Waals surface area contributed by atoms with Gasteiger partial charge in [-0.15, -0.1) is 10.2 Å². The van der Waals surface area contributed by atoms with Crippen LogP contribution in [0.3, 0.4) is 0 Å². The molecule has 3 rings (SSSR count). The van der Waals surface area contributed by atoms with Gasteiger partial charge in [-0.25, -0.2) is 0 Å². The first kappa shape index (κ1) is 12.7. The largest absolute Gasteiger partial charge is 0.368 e. The number of nitrogens with two attached hydrogens (primary N) is 1. The van der Waals surface area contributed by atoms with Crippen molar-refractivity contribution >= 4 is 29.5 Å². The highest BCUT2D eigenvalue weighted by Crippen LogP contribution is 2.26. The molecule has 0 unspecified atom stereocenters. The first-order chi connectivity index (χ1) is 9.59. The average molecular weight is 289 g/mol. The number of amides is 2. The van der Waals surface area contributed by atoms with Crippen molar-refractivity contribution in [3.63, 3.8) is 0 Å². The van der Waals surface area contributed by atoms with Crippen LogP contribution in [0.1, 0.15) is 20.7 Å². The third-order valence-electron chi connectivity index (χ3n) is 3.07. The first-order valence-corrected chi connectivity index (χ1v) is 6.81.